The Kier molecular flexibility index (Phi) is 3.33. The van der Waals surface area contributed by atoms with E-state index in [9.17, 15) is 0 Å². The van der Waals surface area contributed by atoms with Gasteiger partial charge in [-0.3, -0.25) is 0 Å². The fraction of sp³-hybridized carbons (Fsp3) is 0.571. The maximum atomic E-state index is 2.33. The highest BCUT2D eigenvalue weighted by atomic mass is 14.3. The predicted molar refractivity (Wildman–Crippen MR) is 72.0 cm³/mol. The van der Waals surface area contributed by atoms with Crippen LogP contribution < -0.4 is 5.46 Å². The zero-order valence-electron chi connectivity index (χ0n) is 11.2. The monoisotopic (exact) mass is 202 g/mol. The average molecular weight is 202 g/mol. The first-order valence-electron chi connectivity index (χ1n) is 5.82. The lowest BCUT2D eigenvalue weighted by atomic mass is 9.71. The van der Waals surface area contributed by atoms with Gasteiger partial charge in [-0.15, -0.1) is 0 Å². The number of benzene rings is 1. The summed E-state index contributed by atoms with van der Waals surface area (Å²) in [5, 5.41) is 0. The molecule has 1 heteroatoms. The van der Waals surface area contributed by atoms with Gasteiger partial charge in [0.05, 0.1) is 0 Å². The molecule has 0 saturated heterocycles. The molecule has 0 bridgehead atoms. The topological polar surface area (TPSA) is 0 Å². The molecule has 0 amide bonds. The van der Waals surface area contributed by atoms with Crippen molar-refractivity contribution in [1.29, 1.82) is 0 Å². The summed E-state index contributed by atoms with van der Waals surface area (Å²) in [6.45, 7) is 13.7. The van der Waals surface area contributed by atoms with E-state index in [0.717, 1.165) is 0 Å². The van der Waals surface area contributed by atoms with Crippen molar-refractivity contribution in [3.8, 4) is 0 Å². The summed E-state index contributed by atoms with van der Waals surface area (Å²) in [4.78, 5) is 0. The largest absolute Gasteiger partial charge is 0.140 e. The SMILES string of the molecule is Bc1c(C(C)C(C)(C)C)ccc(C)c1C. The van der Waals surface area contributed by atoms with Crippen molar-refractivity contribution in [1.82, 2.24) is 0 Å². The van der Waals surface area contributed by atoms with Crippen LogP contribution in [0.1, 0.15) is 50.3 Å². The summed E-state index contributed by atoms with van der Waals surface area (Å²) in [5.41, 5.74) is 6.16. The molecule has 1 aromatic rings. The summed E-state index contributed by atoms with van der Waals surface area (Å²) < 4.78 is 0. The zero-order valence-corrected chi connectivity index (χ0v) is 11.2. The van der Waals surface area contributed by atoms with E-state index in [2.05, 4.69) is 61.5 Å². The third-order valence-electron chi connectivity index (χ3n) is 3.87. The molecule has 1 atom stereocenters. The van der Waals surface area contributed by atoms with Gasteiger partial charge in [0.2, 0.25) is 0 Å². The third-order valence-corrected chi connectivity index (χ3v) is 3.87. The molecule has 82 valence electrons. The molecule has 0 aliphatic carbocycles. The molecule has 1 aromatic carbocycles. The molecule has 0 nitrogen and oxygen atoms in total. The molecule has 0 aliphatic rings. The molecule has 0 saturated carbocycles. The second-order valence-corrected chi connectivity index (χ2v) is 5.81. The first-order valence-corrected chi connectivity index (χ1v) is 5.82. The van der Waals surface area contributed by atoms with Crippen molar-refractivity contribution in [3.63, 3.8) is 0 Å². The van der Waals surface area contributed by atoms with Crippen LogP contribution in [-0.4, -0.2) is 7.85 Å². The Hall–Kier alpha value is -0.715. The van der Waals surface area contributed by atoms with Crippen LogP contribution in [0.4, 0.5) is 0 Å². The maximum absolute atomic E-state index is 2.33. The smallest absolute Gasteiger partial charge is 0.0824 e. The van der Waals surface area contributed by atoms with Crippen LogP contribution in [0.5, 0.6) is 0 Å². The van der Waals surface area contributed by atoms with Gasteiger partial charge >= 0.3 is 0 Å². The van der Waals surface area contributed by atoms with Crippen LogP contribution in [0.2, 0.25) is 0 Å². The van der Waals surface area contributed by atoms with E-state index in [1.165, 1.54) is 22.2 Å². The van der Waals surface area contributed by atoms with Crippen LogP contribution in [-0.2, 0) is 0 Å². The lowest BCUT2D eigenvalue weighted by molar-refractivity contribution is 0.340. The van der Waals surface area contributed by atoms with E-state index in [1.54, 1.807) is 0 Å². The van der Waals surface area contributed by atoms with Crippen molar-refractivity contribution in [2.75, 3.05) is 0 Å². The summed E-state index contributed by atoms with van der Waals surface area (Å²) in [5.74, 6) is 0.608. The predicted octanol–water partition coefficient (Wildman–Crippen LogP) is 2.71. The van der Waals surface area contributed by atoms with E-state index in [1.807, 2.05) is 0 Å². The third kappa shape index (κ3) is 2.45. The number of aryl methyl sites for hydroxylation is 1. The van der Waals surface area contributed by atoms with Gasteiger partial charge in [-0.25, -0.2) is 0 Å². The van der Waals surface area contributed by atoms with E-state index in [-0.39, 0.29) is 0 Å². The van der Waals surface area contributed by atoms with Crippen molar-refractivity contribution < 1.29 is 0 Å². The molecular formula is C14H23B. The van der Waals surface area contributed by atoms with Crippen LogP contribution >= 0.6 is 0 Å². The maximum Gasteiger partial charge on any atom is 0.140 e. The van der Waals surface area contributed by atoms with E-state index >= 15 is 0 Å². The fourth-order valence-electron chi connectivity index (χ4n) is 1.91. The van der Waals surface area contributed by atoms with Gasteiger partial charge in [0, 0.05) is 0 Å². The van der Waals surface area contributed by atoms with Gasteiger partial charge < -0.3 is 0 Å². The highest BCUT2D eigenvalue weighted by molar-refractivity contribution is 6.34. The second kappa shape index (κ2) is 4.04. The lowest BCUT2D eigenvalue weighted by Gasteiger charge is -2.30. The van der Waals surface area contributed by atoms with Crippen LogP contribution in [0, 0.1) is 19.3 Å². The first-order chi connectivity index (χ1) is 6.75. The average Bonchev–Trinajstić information content (AvgIpc) is 2.12. The summed E-state index contributed by atoms with van der Waals surface area (Å²) >= 11 is 0. The Balaban J connectivity index is 3.23. The van der Waals surface area contributed by atoms with Gasteiger partial charge in [0.15, 0.2) is 0 Å². The second-order valence-electron chi connectivity index (χ2n) is 5.81. The van der Waals surface area contributed by atoms with Crippen molar-refractivity contribution in [2.24, 2.45) is 5.41 Å². The summed E-state index contributed by atoms with van der Waals surface area (Å²) in [6, 6.07) is 4.55. The molecule has 0 fully saturated rings. The zero-order chi connectivity index (χ0) is 11.8. The van der Waals surface area contributed by atoms with E-state index in [4.69, 9.17) is 0 Å². The van der Waals surface area contributed by atoms with Crippen molar-refractivity contribution >= 4 is 13.3 Å². The minimum Gasteiger partial charge on any atom is -0.0824 e. The molecule has 0 aliphatic heterocycles. The van der Waals surface area contributed by atoms with Crippen LogP contribution in [0.15, 0.2) is 12.1 Å². The molecule has 1 rings (SSSR count). The quantitative estimate of drug-likeness (QED) is 0.614. The first kappa shape index (κ1) is 12.4. The van der Waals surface area contributed by atoms with E-state index < -0.39 is 0 Å². The number of hydrogen-bond donors (Lipinski definition) is 0. The minimum atomic E-state index is 0.340. The van der Waals surface area contributed by atoms with Gasteiger partial charge in [-0.1, -0.05) is 56.4 Å². The van der Waals surface area contributed by atoms with Crippen LogP contribution in [0.25, 0.3) is 0 Å². The lowest BCUT2D eigenvalue weighted by Crippen LogP contribution is -2.24. The Morgan fingerprint density at radius 3 is 2.13 bits per heavy atom. The Morgan fingerprint density at radius 1 is 1.13 bits per heavy atom. The Labute approximate surface area is 95.5 Å². The highest BCUT2D eigenvalue weighted by Gasteiger charge is 2.23. The van der Waals surface area contributed by atoms with Gasteiger partial charge in [-0.2, -0.15) is 0 Å². The summed E-state index contributed by atoms with van der Waals surface area (Å²) in [6.07, 6.45) is 0. The number of hydrogen-bond acceptors (Lipinski definition) is 0. The number of rotatable bonds is 1. The molecule has 15 heavy (non-hydrogen) atoms. The summed E-state index contributed by atoms with van der Waals surface area (Å²) in [7, 11) is 2.25. The highest BCUT2D eigenvalue weighted by Crippen LogP contribution is 2.33. The Morgan fingerprint density at radius 2 is 1.67 bits per heavy atom. The van der Waals surface area contributed by atoms with E-state index in [0.29, 0.717) is 11.3 Å². The molecular weight excluding hydrogens is 179 g/mol. The molecule has 1 unspecified atom stereocenters. The normalized spacial score (nSPS) is 14.0. The van der Waals surface area contributed by atoms with Crippen molar-refractivity contribution in [3.05, 3.63) is 28.8 Å². The molecule has 0 spiro atoms. The van der Waals surface area contributed by atoms with Gasteiger partial charge in [0.1, 0.15) is 7.85 Å². The fourth-order valence-corrected chi connectivity index (χ4v) is 1.91. The standard InChI is InChI=1S/C14H23B/c1-9-7-8-12(13(15)10(9)2)11(3)14(4,5)6/h7-8,11H,15H2,1-6H3. The minimum absolute atomic E-state index is 0.340. The van der Waals surface area contributed by atoms with Crippen molar-refractivity contribution in [2.45, 2.75) is 47.5 Å². The molecule has 0 heterocycles. The van der Waals surface area contributed by atoms with Gasteiger partial charge in [0.25, 0.3) is 0 Å². The molecule has 0 radical (unpaired) electrons. The van der Waals surface area contributed by atoms with Gasteiger partial charge in [-0.05, 0) is 30.7 Å². The Bertz CT molecular complexity index is 358. The molecule has 0 aromatic heterocycles. The molecule has 0 N–H and O–H groups in total. The van der Waals surface area contributed by atoms with Crippen LogP contribution in [0.3, 0.4) is 0 Å².